The molecule has 5 nitrogen and oxygen atoms in total. The summed E-state index contributed by atoms with van der Waals surface area (Å²) in [5.74, 6) is 0.690. The fourth-order valence-electron chi connectivity index (χ4n) is 2.07. The van der Waals surface area contributed by atoms with E-state index in [0.717, 1.165) is 32.5 Å². The van der Waals surface area contributed by atoms with E-state index < -0.39 is 0 Å². The molecule has 0 saturated carbocycles. The lowest BCUT2D eigenvalue weighted by Crippen LogP contribution is -2.26. The highest BCUT2D eigenvalue weighted by atomic mass is 15.1. The molecule has 0 amide bonds. The Morgan fingerprint density at radius 3 is 2.63 bits per heavy atom. The molecule has 5 N–H and O–H groups in total. The van der Waals surface area contributed by atoms with Crippen molar-refractivity contribution in [2.45, 2.75) is 39.7 Å². The number of pyridine rings is 1. The third kappa shape index (κ3) is 4.95. The van der Waals surface area contributed by atoms with Crippen LogP contribution in [-0.4, -0.2) is 35.6 Å². The van der Waals surface area contributed by atoms with Gasteiger partial charge in [0.2, 0.25) is 0 Å². The van der Waals surface area contributed by atoms with E-state index in [4.69, 9.17) is 11.5 Å². The maximum atomic E-state index is 5.89. The van der Waals surface area contributed by atoms with Crippen LogP contribution in [0.15, 0.2) is 12.3 Å². The Hall–Kier alpha value is -1.49. The molecule has 0 radical (unpaired) electrons. The van der Waals surface area contributed by atoms with Crippen LogP contribution in [0.1, 0.15) is 33.6 Å². The molecule has 108 valence electrons. The van der Waals surface area contributed by atoms with Crippen LogP contribution in [0.25, 0.3) is 0 Å². The van der Waals surface area contributed by atoms with Crippen molar-refractivity contribution in [2.24, 2.45) is 0 Å². The van der Waals surface area contributed by atoms with Gasteiger partial charge in [0.15, 0.2) is 5.82 Å². The van der Waals surface area contributed by atoms with E-state index in [0.29, 0.717) is 23.2 Å². The number of nitrogen functional groups attached to an aromatic ring is 2. The zero-order valence-corrected chi connectivity index (χ0v) is 12.3. The van der Waals surface area contributed by atoms with Crippen molar-refractivity contribution in [1.29, 1.82) is 0 Å². The quantitative estimate of drug-likeness (QED) is 0.671. The molecule has 0 aliphatic heterocycles. The molecule has 1 unspecified atom stereocenters. The van der Waals surface area contributed by atoms with Crippen LogP contribution in [0.5, 0.6) is 0 Å². The van der Waals surface area contributed by atoms with Crippen LogP contribution in [-0.2, 0) is 0 Å². The number of hydrogen-bond acceptors (Lipinski definition) is 5. The van der Waals surface area contributed by atoms with Gasteiger partial charge < -0.3 is 21.7 Å². The van der Waals surface area contributed by atoms with Gasteiger partial charge in [-0.2, -0.15) is 0 Å². The van der Waals surface area contributed by atoms with Crippen molar-refractivity contribution in [3.05, 3.63) is 12.3 Å². The van der Waals surface area contributed by atoms with Gasteiger partial charge in [-0.05, 0) is 45.5 Å². The Kier molecular flexibility index (Phi) is 6.42. The normalized spacial score (nSPS) is 12.6. The third-order valence-corrected chi connectivity index (χ3v) is 3.41. The summed E-state index contributed by atoms with van der Waals surface area (Å²) in [6, 6.07) is 2.05. The Labute approximate surface area is 116 Å². The average molecular weight is 265 g/mol. The minimum absolute atomic E-state index is 0.340. The molecule has 0 aliphatic rings. The summed E-state index contributed by atoms with van der Waals surface area (Å²) < 4.78 is 0. The fourth-order valence-corrected chi connectivity index (χ4v) is 2.07. The molecule has 5 heteroatoms. The number of nitrogens with zero attached hydrogens (tertiary/aromatic N) is 2. The Morgan fingerprint density at radius 2 is 2.00 bits per heavy atom. The van der Waals surface area contributed by atoms with Gasteiger partial charge in [0, 0.05) is 12.2 Å². The Bertz CT molecular complexity index is 376. The summed E-state index contributed by atoms with van der Waals surface area (Å²) in [6.07, 6.45) is 3.93. The van der Waals surface area contributed by atoms with Crippen molar-refractivity contribution in [3.8, 4) is 0 Å². The van der Waals surface area contributed by atoms with Crippen LogP contribution >= 0.6 is 0 Å². The average Bonchev–Trinajstić information content (AvgIpc) is 2.40. The summed E-state index contributed by atoms with van der Waals surface area (Å²) in [4.78, 5) is 6.66. The van der Waals surface area contributed by atoms with Crippen molar-refractivity contribution < 1.29 is 0 Å². The molecule has 0 aliphatic carbocycles. The number of rotatable bonds is 8. The first-order valence-electron chi connectivity index (χ1n) is 7.07. The van der Waals surface area contributed by atoms with Crippen molar-refractivity contribution >= 4 is 17.2 Å². The minimum atomic E-state index is 0.340. The summed E-state index contributed by atoms with van der Waals surface area (Å²) >= 11 is 0. The SMILES string of the molecule is CCN(CC)CCCC(C)Nc1nccc(N)c1N. The highest BCUT2D eigenvalue weighted by Gasteiger charge is 2.08. The predicted octanol–water partition coefficient (Wildman–Crippen LogP) is 2.17. The van der Waals surface area contributed by atoms with Gasteiger partial charge in [-0.3, -0.25) is 0 Å². The van der Waals surface area contributed by atoms with E-state index >= 15 is 0 Å². The van der Waals surface area contributed by atoms with Crippen LogP contribution in [0, 0.1) is 0 Å². The second-order valence-corrected chi connectivity index (χ2v) is 4.88. The van der Waals surface area contributed by atoms with Crippen molar-refractivity contribution in [2.75, 3.05) is 36.4 Å². The maximum absolute atomic E-state index is 5.89. The Balaban J connectivity index is 2.39. The van der Waals surface area contributed by atoms with E-state index in [9.17, 15) is 0 Å². The van der Waals surface area contributed by atoms with Crippen LogP contribution in [0.2, 0.25) is 0 Å². The van der Waals surface area contributed by atoms with Crippen LogP contribution in [0.4, 0.5) is 17.2 Å². The van der Waals surface area contributed by atoms with E-state index in [1.54, 1.807) is 12.3 Å². The number of nitrogens with two attached hydrogens (primary N) is 2. The summed E-state index contributed by atoms with van der Waals surface area (Å²) in [5, 5.41) is 3.33. The molecular formula is C14H27N5. The molecule has 1 aromatic rings. The zero-order valence-electron chi connectivity index (χ0n) is 12.3. The highest BCUT2D eigenvalue weighted by molar-refractivity contribution is 5.75. The van der Waals surface area contributed by atoms with E-state index in [1.807, 2.05) is 0 Å². The molecule has 19 heavy (non-hydrogen) atoms. The first kappa shape index (κ1) is 15.6. The van der Waals surface area contributed by atoms with Gasteiger partial charge in [0.25, 0.3) is 0 Å². The summed E-state index contributed by atoms with van der Waals surface area (Å²) in [5.41, 5.74) is 12.8. The number of aromatic nitrogens is 1. The summed E-state index contributed by atoms with van der Waals surface area (Å²) in [7, 11) is 0. The number of anilines is 3. The van der Waals surface area contributed by atoms with Gasteiger partial charge in [-0.15, -0.1) is 0 Å². The van der Waals surface area contributed by atoms with Crippen molar-refractivity contribution in [1.82, 2.24) is 9.88 Å². The van der Waals surface area contributed by atoms with Gasteiger partial charge in [-0.1, -0.05) is 13.8 Å². The van der Waals surface area contributed by atoms with Gasteiger partial charge >= 0.3 is 0 Å². The summed E-state index contributed by atoms with van der Waals surface area (Å²) in [6.45, 7) is 9.90. The molecule has 1 atom stereocenters. The molecule has 0 spiro atoms. The molecule has 0 saturated heterocycles. The molecule has 1 aromatic heterocycles. The van der Waals surface area contributed by atoms with E-state index in [2.05, 4.69) is 36.0 Å². The van der Waals surface area contributed by atoms with Gasteiger partial charge in [-0.25, -0.2) is 4.98 Å². The number of hydrogen-bond donors (Lipinski definition) is 3. The largest absolute Gasteiger partial charge is 0.397 e. The van der Waals surface area contributed by atoms with Crippen molar-refractivity contribution in [3.63, 3.8) is 0 Å². The van der Waals surface area contributed by atoms with E-state index in [1.165, 1.54) is 0 Å². The highest BCUT2D eigenvalue weighted by Crippen LogP contribution is 2.22. The Morgan fingerprint density at radius 1 is 1.32 bits per heavy atom. The van der Waals surface area contributed by atoms with Crippen LogP contribution < -0.4 is 16.8 Å². The zero-order chi connectivity index (χ0) is 14.3. The fraction of sp³-hybridized carbons (Fsp3) is 0.643. The van der Waals surface area contributed by atoms with E-state index in [-0.39, 0.29) is 0 Å². The first-order valence-corrected chi connectivity index (χ1v) is 7.07. The van der Waals surface area contributed by atoms with Gasteiger partial charge in [0.05, 0.1) is 11.4 Å². The predicted molar refractivity (Wildman–Crippen MR) is 83.2 cm³/mol. The standard InChI is InChI=1S/C14H27N5/c1-4-19(5-2)10-6-7-11(3)18-14-13(16)12(15)8-9-17-14/h8-9,11H,4-7,10,16H2,1-3H3,(H3,15,17,18). The topological polar surface area (TPSA) is 80.2 Å². The van der Waals surface area contributed by atoms with Crippen LogP contribution in [0.3, 0.4) is 0 Å². The molecule has 0 fully saturated rings. The minimum Gasteiger partial charge on any atom is -0.397 e. The monoisotopic (exact) mass is 265 g/mol. The molecular weight excluding hydrogens is 238 g/mol. The lowest BCUT2D eigenvalue weighted by atomic mass is 10.1. The number of nitrogens with one attached hydrogen (secondary N) is 1. The maximum Gasteiger partial charge on any atom is 0.151 e. The second kappa shape index (κ2) is 7.84. The lowest BCUT2D eigenvalue weighted by molar-refractivity contribution is 0.295. The molecule has 1 heterocycles. The molecule has 0 bridgehead atoms. The second-order valence-electron chi connectivity index (χ2n) is 4.88. The third-order valence-electron chi connectivity index (χ3n) is 3.41. The molecule has 1 rings (SSSR count). The smallest absolute Gasteiger partial charge is 0.151 e. The molecule has 0 aromatic carbocycles. The lowest BCUT2D eigenvalue weighted by Gasteiger charge is -2.20. The first-order chi connectivity index (χ1) is 9.08. The van der Waals surface area contributed by atoms with Gasteiger partial charge in [0.1, 0.15) is 0 Å².